The van der Waals surface area contributed by atoms with Crippen LogP contribution in [0.1, 0.15) is 11.6 Å². The van der Waals surface area contributed by atoms with Crippen LogP contribution in [0, 0.1) is 5.92 Å². The molecule has 0 bridgehead atoms. The summed E-state index contributed by atoms with van der Waals surface area (Å²) in [4.78, 5) is 23.6. The Labute approximate surface area is 111 Å². The van der Waals surface area contributed by atoms with Crippen LogP contribution in [0.3, 0.4) is 0 Å². The van der Waals surface area contributed by atoms with Gasteiger partial charge in [0.25, 0.3) is 0 Å². The highest BCUT2D eigenvalue weighted by Gasteiger charge is 2.46. The Morgan fingerprint density at radius 1 is 1.00 bits per heavy atom. The number of rotatable bonds is 3. The molecule has 0 saturated carbocycles. The Hall–Kier alpha value is -1.92. The summed E-state index contributed by atoms with van der Waals surface area (Å²) >= 11 is 0. The molecule has 1 aromatic rings. The van der Waals surface area contributed by atoms with Crippen LogP contribution in [0.15, 0.2) is 30.3 Å². The third-order valence-electron chi connectivity index (χ3n) is 3.20. The van der Waals surface area contributed by atoms with E-state index in [9.17, 15) is 9.59 Å². The Bertz CT molecular complexity index is 463. The van der Waals surface area contributed by atoms with Crippen molar-refractivity contribution < 1.29 is 19.1 Å². The van der Waals surface area contributed by atoms with Crippen molar-refractivity contribution in [3.63, 3.8) is 0 Å². The molecule has 1 fully saturated rings. The third-order valence-corrected chi connectivity index (χ3v) is 3.20. The molecule has 1 heterocycles. The van der Waals surface area contributed by atoms with Crippen molar-refractivity contribution in [1.29, 1.82) is 0 Å². The molecular formula is C13H16N2O4. The molecule has 3 unspecified atom stereocenters. The summed E-state index contributed by atoms with van der Waals surface area (Å²) in [7, 11) is 2.59. The lowest BCUT2D eigenvalue weighted by Crippen LogP contribution is -2.41. The maximum absolute atomic E-state index is 11.9. The van der Waals surface area contributed by atoms with Crippen LogP contribution in [0.5, 0.6) is 0 Å². The lowest BCUT2D eigenvalue weighted by molar-refractivity contribution is -0.153. The van der Waals surface area contributed by atoms with Gasteiger partial charge in [-0.15, -0.1) is 0 Å². The third kappa shape index (κ3) is 2.59. The van der Waals surface area contributed by atoms with Crippen molar-refractivity contribution in [3.05, 3.63) is 35.9 Å². The van der Waals surface area contributed by atoms with Crippen molar-refractivity contribution in [2.45, 2.75) is 12.1 Å². The Morgan fingerprint density at radius 3 is 2.21 bits per heavy atom. The first kappa shape index (κ1) is 13.5. The van der Waals surface area contributed by atoms with Crippen molar-refractivity contribution in [2.24, 2.45) is 5.92 Å². The summed E-state index contributed by atoms with van der Waals surface area (Å²) < 4.78 is 9.48. The minimum Gasteiger partial charge on any atom is -0.469 e. The van der Waals surface area contributed by atoms with Crippen LogP contribution in [0.25, 0.3) is 0 Å². The Balaban J connectivity index is 2.29. The Kier molecular flexibility index (Phi) is 4.13. The molecule has 1 aromatic carbocycles. The molecule has 2 N–H and O–H groups in total. The zero-order chi connectivity index (χ0) is 13.8. The first-order valence-electron chi connectivity index (χ1n) is 5.90. The van der Waals surface area contributed by atoms with E-state index < -0.39 is 23.9 Å². The van der Waals surface area contributed by atoms with Gasteiger partial charge in [-0.25, -0.2) is 10.9 Å². The Morgan fingerprint density at radius 2 is 1.63 bits per heavy atom. The molecule has 1 aliphatic rings. The fraction of sp³-hybridized carbons (Fsp3) is 0.385. The van der Waals surface area contributed by atoms with Crippen LogP contribution in [-0.4, -0.2) is 32.2 Å². The average molecular weight is 264 g/mol. The van der Waals surface area contributed by atoms with Crippen molar-refractivity contribution in [3.8, 4) is 0 Å². The maximum atomic E-state index is 11.9. The molecule has 0 spiro atoms. The van der Waals surface area contributed by atoms with Gasteiger partial charge in [0.2, 0.25) is 0 Å². The van der Waals surface area contributed by atoms with Gasteiger partial charge in [0.15, 0.2) is 0 Å². The highest BCUT2D eigenvalue weighted by Crippen LogP contribution is 2.30. The van der Waals surface area contributed by atoms with E-state index in [0.717, 1.165) is 5.56 Å². The monoisotopic (exact) mass is 264 g/mol. The van der Waals surface area contributed by atoms with Gasteiger partial charge in [0, 0.05) is 0 Å². The van der Waals surface area contributed by atoms with Gasteiger partial charge in [0.1, 0.15) is 12.0 Å². The summed E-state index contributed by atoms with van der Waals surface area (Å²) in [6, 6.07) is 8.30. The summed E-state index contributed by atoms with van der Waals surface area (Å²) in [6.45, 7) is 0. The SMILES string of the molecule is COC(=O)C1NNC(c2ccccc2)C1C(=O)OC. The highest BCUT2D eigenvalue weighted by molar-refractivity contribution is 5.86. The number of hydrogen-bond donors (Lipinski definition) is 2. The number of methoxy groups -OCH3 is 2. The standard InChI is InChI=1S/C13H16N2O4/c1-18-12(16)9-10(8-6-4-3-5-7-8)14-15-11(9)13(17)19-2/h3-7,9-11,14-15H,1-2H3. The van der Waals surface area contributed by atoms with E-state index in [-0.39, 0.29) is 6.04 Å². The fourth-order valence-electron chi connectivity index (χ4n) is 2.24. The quantitative estimate of drug-likeness (QED) is 0.758. The van der Waals surface area contributed by atoms with E-state index in [2.05, 4.69) is 10.9 Å². The van der Waals surface area contributed by atoms with Crippen LogP contribution in [0.4, 0.5) is 0 Å². The van der Waals surface area contributed by atoms with Crippen LogP contribution in [0.2, 0.25) is 0 Å². The minimum atomic E-state index is -0.761. The van der Waals surface area contributed by atoms with Gasteiger partial charge in [-0.05, 0) is 5.56 Å². The lowest BCUT2D eigenvalue weighted by Gasteiger charge is -2.19. The average Bonchev–Trinajstić information content (AvgIpc) is 2.91. The molecular weight excluding hydrogens is 248 g/mol. The number of benzene rings is 1. The smallest absolute Gasteiger partial charge is 0.325 e. The molecule has 6 nitrogen and oxygen atoms in total. The van der Waals surface area contributed by atoms with Gasteiger partial charge >= 0.3 is 11.9 Å². The van der Waals surface area contributed by atoms with Crippen molar-refractivity contribution in [1.82, 2.24) is 10.9 Å². The second kappa shape index (κ2) is 5.81. The van der Waals surface area contributed by atoms with Gasteiger partial charge < -0.3 is 9.47 Å². The molecule has 1 saturated heterocycles. The van der Waals surface area contributed by atoms with Crippen LogP contribution in [-0.2, 0) is 19.1 Å². The molecule has 6 heteroatoms. The number of hydrazine groups is 1. The predicted octanol–water partition coefficient (Wildman–Crippen LogP) is 0.166. The van der Waals surface area contributed by atoms with Gasteiger partial charge in [0.05, 0.1) is 20.3 Å². The van der Waals surface area contributed by atoms with Gasteiger partial charge in [-0.3, -0.25) is 9.59 Å². The van der Waals surface area contributed by atoms with E-state index in [1.807, 2.05) is 30.3 Å². The van der Waals surface area contributed by atoms with Crippen LogP contribution < -0.4 is 10.9 Å². The zero-order valence-electron chi connectivity index (χ0n) is 10.8. The number of ether oxygens (including phenoxy) is 2. The molecule has 3 atom stereocenters. The highest BCUT2D eigenvalue weighted by atomic mass is 16.5. The molecule has 0 amide bonds. The molecule has 0 radical (unpaired) electrons. The van der Waals surface area contributed by atoms with E-state index in [1.54, 1.807) is 0 Å². The van der Waals surface area contributed by atoms with E-state index in [1.165, 1.54) is 14.2 Å². The normalized spacial score (nSPS) is 25.9. The second-order valence-electron chi connectivity index (χ2n) is 4.23. The summed E-state index contributed by atoms with van der Waals surface area (Å²) in [6.07, 6.45) is 0. The topological polar surface area (TPSA) is 76.7 Å². The number of carbonyl (C=O) groups excluding carboxylic acids is 2. The number of hydrogen-bond acceptors (Lipinski definition) is 6. The fourth-order valence-corrected chi connectivity index (χ4v) is 2.24. The molecule has 102 valence electrons. The maximum Gasteiger partial charge on any atom is 0.325 e. The number of carbonyl (C=O) groups is 2. The summed E-state index contributed by atoms with van der Waals surface area (Å²) in [5.41, 5.74) is 6.65. The summed E-state index contributed by atoms with van der Waals surface area (Å²) in [5, 5.41) is 0. The first-order chi connectivity index (χ1) is 9.19. The van der Waals surface area contributed by atoms with Crippen molar-refractivity contribution in [2.75, 3.05) is 14.2 Å². The second-order valence-corrected chi connectivity index (χ2v) is 4.23. The van der Waals surface area contributed by atoms with E-state index in [0.29, 0.717) is 0 Å². The number of esters is 2. The van der Waals surface area contributed by atoms with Crippen molar-refractivity contribution >= 4 is 11.9 Å². The lowest BCUT2D eigenvalue weighted by atomic mass is 9.89. The molecule has 0 aliphatic carbocycles. The van der Waals surface area contributed by atoms with Gasteiger partial charge in [-0.2, -0.15) is 0 Å². The first-order valence-corrected chi connectivity index (χ1v) is 5.90. The zero-order valence-corrected chi connectivity index (χ0v) is 10.8. The molecule has 1 aliphatic heterocycles. The summed E-state index contributed by atoms with van der Waals surface area (Å²) in [5.74, 6) is -1.62. The molecule has 0 aromatic heterocycles. The largest absolute Gasteiger partial charge is 0.469 e. The van der Waals surface area contributed by atoms with Crippen LogP contribution >= 0.6 is 0 Å². The molecule has 2 rings (SSSR count). The van der Waals surface area contributed by atoms with Gasteiger partial charge in [-0.1, -0.05) is 30.3 Å². The predicted molar refractivity (Wildman–Crippen MR) is 66.8 cm³/mol. The van der Waals surface area contributed by atoms with E-state index in [4.69, 9.17) is 9.47 Å². The minimum absolute atomic E-state index is 0.335. The molecule has 19 heavy (non-hydrogen) atoms. The number of nitrogens with one attached hydrogen (secondary N) is 2. The van der Waals surface area contributed by atoms with E-state index >= 15 is 0 Å².